The molecule has 1 unspecified atom stereocenters. The molecule has 138 valence electrons. The molecule has 0 spiro atoms. The summed E-state index contributed by atoms with van der Waals surface area (Å²) >= 11 is 0. The van der Waals surface area contributed by atoms with Crippen LogP contribution in [0.4, 0.5) is 13.2 Å². The number of rotatable bonds is 2. The zero-order valence-corrected chi connectivity index (χ0v) is 14.3. The Hall–Kier alpha value is -2.24. The number of halogens is 3. The van der Waals surface area contributed by atoms with Crippen LogP contribution in [0.1, 0.15) is 56.4 Å². The van der Waals surface area contributed by atoms with Crippen LogP contribution in [0.15, 0.2) is 46.8 Å². The molecular formula is C20H20F3NO2. The van der Waals surface area contributed by atoms with Crippen molar-refractivity contribution in [2.45, 2.75) is 57.2 Å². The first-order valence-electron chi connectivity index (χ1n) is 9.03. The van der Waals surface area contributed by atoms with E-state index in [0.29, 0.717) is 12.0 Å². The Bertz CT molecular complexity index is 808. The SMILES string of the molecule is O=C1CCCC2=C1C(c1cccc(OC(F)(F)F)c1)C1=C(CCCC1)N2. The maximum atomic E-state index is 12.7. The van der Waals surface area contributed by atoms with Gasteiger partial charge in [0, 0.05) is 29.3 Å². The molecule has 0 saturated heterocycles. The molecule has 1 heterocycles. The summed E-state index contributed by atoms with van der Waals surface area (Å²) in [6.45, 7) is 0. The van der Waals surface area contributed by atoms with Gasteiger partial charge in [0.05, 0.1) is 0 Å². The summed E-state index contributed by atoms with van der Waals surface area (Å²) in [6.07, 6.45) is 1.31. The summed E-state index contributed by atoms with van der Waals surface area (Å²) in [7, 11) is 0. The number of nitrogens with one attached hydrogen (secondary N) is 1. The molecule has 1 N–H and O–H groups in total. The standard InChI is InChI=1S/C20H20F3NO2/c21-20(22,23)26-13-6-3-5-12(11-13)18-14-7-1-2-8-15(14)24-16-9-4-10-17(25)19(16)18/h3,5-6,11,18,24H,1-2,4,7-10H2. The molecule has 1 aromatic carbocycles. The Balaban J connectivity index is 1.79. The van der Waals surface area contributed by atoms with Crippen molar-refractivity contribution in [1.82, 2.24) is 5.32 Å². The lowest BCUT2D eigenvalue weighted by Gasteiger charge is -2.38. The lowest BCUT2D eigenvalue weighted by atomic mass is 9.72. The summed E-state index contributed by atoms with van der Waals surface area (Å²) in [4.78, 5) is 12.7. The second-order valence-electron chi connectivity index (χ2n) is 7.06. The summed E-state index contributed by atoms with van der Waals surface area (Å²) in [6, 6.07) is 6.08. The highest BCUT2D eigenvalue weighted by atomic mass is 19.4. The van der Waals surface area contributed by atoms with Crippen LogP contribution in [0.2, 0.25) is 0 Å². The number of dihydropyridines is 1. The van der Waals surface area contributed by atoms with Crippen LogP contribution in [0.3, 0.4) is 0 Å². The van der Waals surface area contributed by atoms with Crippen molar-refractivity contribution in [3.05, 3.63) is 52.4 Å². The first-order chi connectivity index (χ1) is 12.4. The minimum atomic E-state index is -4.73. The van der Waals surface area contributed by atoms with E-state index in [9.17, 15) is 18.0 Å². The van der Waals surface area contributed by atoms with Gasteiger partial charge < -0.3 is 10.1 Å². The van der Waals surface area contributed by atoms with E-state index in [-0.39, 0.29) is 17.5 Å². The lowest BCUT2D eigenvalue weighted by Crippen LogP contribution is -2.33. The largest absolute Gasteiger partial charge is 0.573 e. The Labute approximate surface area is 149 Å². The second kappa shape index (κ2) is 6.49. The van der Waals surface area contributed by atoms with Crippen LogP contribution in [-0.2, 0) is 4.79 Å². The Morgan fingerprint density at radius 1 is 1.00 bits per heavy atom. The molecule has 3 aliphatic rings. The van der Waals surface area contributed by atoms with E-state index in [0.717, 1.165) is 61.1 Å². The number of alkyl halides is 3. The molecule has 0 aromatic heterocycles. The molecular weight excluding hydrogens is 343 g/mol. The number of ketones is 1. The maximum Gasteiger partial charge on any atom is 0.573 e. The minimum absolute atomic E-state index is 0.100. The number of carbonyl (C=O) groups excluding carboxylic acids is 1. The second-order valence-corrected chi connectivity index (χ2v) is 7.06. The molecule has 3 nitrogen and oxygen atoms in total. The Morgan fingerprint density at radius 2 is 1.77 bits per heavy atom. The molecule has 0 saturated carbocycles. The molecule has 0 fully saturated rings. The van der Waals surface area contributed by atoms with Crippen molar-refractivity contribution in [2.75, 3.05) is 0 Å². The molecule has 1 aromatic rings. The van der Waals surface area contributed by atoms with E-state index in [2.05, 4.69) is 10.1 Å². The van der Waals surface area contributed by atoms with E-state index in [1.54, 1.807) is 12.1 Å². The van der Waals surface area contributed by atoms with Gasteiger partial charge in [0.1, 0.15) is 5.75 Å². The highest BCUT2D eigenvalue weighted by Crippen LogP contribution is 2.46. The van der Waals surface area contributed by atoms with Gasteiger partial charge in [0.2, 0.25) is 0 Å². The maximum absolute atomic E-state index is 12.7. The quantitative estimate of drug-likeness (QED) is 0.794. The van der Waals surface area contributed by atoms with Gasteiger partial charge in [0.15, 0.2) is 5.78 Å². The third-order valence-corrected chi connectivity index (χ3v) is 5.33. The van der Waals surface area contributed by atoms with Gasteiger partial charge in [-0.25, -0.2) is 0 Å². The van der Waals surface area contributed by atoms with Crippen molar-refractivity contribution in [2.24, 2.45) is 0 Å². The molecule has 0 radical (unpaired) electrons. The van der Waals surface area contributed by atoms with E-state index in [1.807, 2.05) is 0 Å². The van der Waals surface area contributed by atoms with Gasteiger partial charge in [-0.05, 0) is 61.8 Å². The number of Topliss-reactive ketones (excluding diaryl/α,β-unsaturated/α-hetero) is 1. The van der Waals surface area contributed by atoms with Crippen LogP contribution >= 0.6 is 0 Å². The van der Waals surface area contributed by atoms with Crippen molar-refractivity contribution in [3.8, 4) is 5.75 Å². The smallest absolute Gasteiger partial charge is 0.406 e. The highest BCUT2D eigenvalue weighted by molar-refractivity contribution is 5.99. The minimum Gasteiger partial charge on any atom is -0.406 e. The van der Waals surface area contributed by atoms with E-state index in [1.165, 1.54) is 12.1 Å². The van der Waals surface area contributed by atoms with E-state index < -0.39 is 6.36 Å². The average Bonchev–Trinajstić information content (AvgIpc) is 2.59. The third-order valence-electron chi connectivity index (χ3n) is 5.33. The normalized spacial score (nSPS) is 23.3. The van der Waals surface area contributed by atoms with Crippen LogP contribution in [-0.4, -0.2) is 12.1 Å². The fourth-order valence-electron chi connectivity index (χ4n) is 4.33. The van der Waals surface area contributed by atoms with Gasteiger partial charge in [-0.2, -0.15) is 0 Å². The summed E-state index contributed by atoms with van der Waals surface area (Å²) < 4.78 is 41.9. The number of allylic oxidation sites excluding steroid dienone is 4. The summed E-state index contributed by atoms with van der Waals surface area (Å²) in [5.74, 6) is -0.397. The van der Waals surface area contributed by atoms with Crippen LogP contribution in [0.5, 0.6) is 5.75 Å². The number of ether oxygens (including phenoxy) is 1. The summed E-state index contributed by atoms with van der Waals surface area (Å²) in [5, 5.41) is 3.47. The topological polar surface area (TPSA) is 38.3 Å². The van der Waals surface area contributed by atoms with Gasteiger partial charge in [-0.3, -0.25) is 4.79 Å². The fourth-order valence-corrected chi connectivity index (χ4v) is 4.33. The van der Waals surface area contributed by atoms with Crippen molar-refractivity contribution in [1.29, 1.82) is 0 Å². The third kappa shape index (κ3) is 3.24. The molecule has 2 aliphatic carbocycles. The van der Waals surface area contributed by atoms with Crippen LogP contribution < -0.4 is 10.1 Å². The Kier molecular flexibility index (Phi) is 4.29. The van der Waals surface area contributed by atoms with Crippen LogP contribution in [0, 0.1) is 0 Å². The van der Waals surface area contributed by atoms with E-state index in [4.69, 9.17) is 0 Å². The monoisotopic (exact) mass is 363 g/mol. The zero-order valence-electron chi connectivity index (χ0n) is 14.3. The summed E-state index contributed by atoms with van der Waals surface area (Å²) in [5.41, 5.74) is 4.69. The van der Waals surface area contributed by atoms with Crippen LogP contribution in [0.25, 0.3) is 0 Å². The first kappa shape index (κ1) is 17.2. The lowest BCUT2D eigenvalue weighted by molar-refractivity contribution is -0.274. The molecule has 0 bridgehead atoms. The predicted octanol–water partition coefficient (Wildman–Crippen LogP) is 5.11. The number of benzene rings is 1. The first-order valence-corrected chi connectivity index (χ1v) is 9.03. The van der Waals surface area contributed by atoms with Gasteiger partial charge in [-0.15, -0.1) is 13.2 Å². The number of hydrogen-bond donors (Lipinski definition) is 1. The number of hydrogen-bond acceptors (Lipinski definition) is 3. The predicted molar refractivity (Wildman–Crippen MR) is 90.4 cm³/mol. The molecule has 6 heteroatoms. The molecule has 0 amide bonds. The molecule has 4 rings (SSSR count). The van der Waals surface area contributed by atoms with Crippen molar-refractivity contribution < 1.29 is 22.7 Å². The number of carbonyl (C=O) groups is 1. The van der Waals surface area contributed by atoms with Gasteiger partial charge >= 0.3 is 6.36 Å². The van der Waals surface area contributed by atoms with E-state index >= 15 is 0 Å². The molecule has 1 aliphatic heterocycles. The van der Waals surface area contributed by atoms with Gasteiger partial charge in [0.25, 0.3) is 0 Å². The molecule has 26 heavy (non-hydrogen) atoms. The zero-order chi connectivity index (χ0) is 18.3. The highest BCUT2D eigenvalue weighted by Gasteiger charge is 2.37. The fraction of sp³-hybridized carbons (Fsp3) is 0.450. The van der Waals surface area contributed by atoms with Gasteiger partial charge in [-0.1, -0.05) is 12.1 Å². The Morgan fingerprint density at radius 3 is 2.58 bits per heavy atom. The molecule has 1 atom stereocenters. The average molecular weight is 363 g/mol. The van der Waals surface area contributed by atoms with Crippen molar-refractivity contribution >= 4 is 5.78 Å². The van der Waals surface area contributed by atoms with Crippen molar-refractivity contribution in [3.63, 3.8) is 0 Å².